The van der Waals surface area contributed by atoms with Gasteiger partial charge in [-0.2, -0.15) is 0 Å². The smallest absolute Gasteiger partial charge is 0.145 e. The van der Waals surface area contributed by atoms with Crippen LogP contribution in [0.4, 0.5) is 5.82 Å². The Morgan fingerprint density at radius 2 is 2.12 bits per heavy atom. The number of rotatable bonds is 2. The van der Waals surface area contributed by atoms with Crippen LogP contribution in [0.15, 0.2) is 30.5 Å². The van der Waals surface area contributed by atoms with Crippen LogP contribution in [0, 0.1) is 0 Å². The summed E-state index contributed by atoms with van der Waals surface area (Å²) in [5.41, 5.74) is 1.85. The van der Waals surface area contributed by atoms with Crippen LogP contribution in [-0.2, 0) is 4.74 Å². The van der Waals surface area contributed by atoms with Gasteiger partial charge in [0.15, 0.2) is 0 Å². The Hall–Kier alpha value is -1.68. The van der Waals surface area contributed by atoms with Crippen LogP contribution in [0.2, 0.25) is 0 Å². The molecule has 0 bridgehead atoms. The first-order chi connectivity index (χ1) is 7.92. The van der Waals surface area contributed by atoms with Gasteiger partial charge in [-0.1, -0.05) is 12.1 Å². The number of aromatic nitrogens is 2. The molecular formula is C12H13N3O. The van der Waals surface area contributed by atoms with Gasteiger partial charge in [-0.05, 0) is 18.6 Å². The zero-order valence-electron chi connectivity index (χ0n) is 8.89. The average molecular weight is 215 g/mol. The lowest BCUT2D eigenvalue weighted by Crippen LogP contribution is -2.19. The molecule has 1 aromatic carbocycles. The first-order valence-electron chi connectivity index (χ1n) is 5.48. The van der Waals surface area contributed by atoms with Crippen molar-refractivity contribution in [2.45, 2.75) is 12.5 Å². The van der Waals surface area contributed by atoms with Crippen LogP contribution in [0.25, 0.3) is 11.0 Å². The second kappa shape index (κ2) is 4.06. The summed E-state index contributed by atoms with van der Waals surface area (Å²) >= 11 is 0. The molecule has 3 rings (SSSR count). The molecule has 0 spiro atoms. The van der Waals surface area contributed by atoms with Gasteiger partial charge in [0.1, 0.15) is 5.82 Å². The first-order valence-corrected chi connectivity index (χ1v) is 5.48. The van der Waals surface area contributed by atoms with Crippen molar-refractivity contribution in [3.63, 3.8) is 0 Å². The topological polar surface area (TPSA) is 47.0 Å². The van der Waals surface area contributed by atoms with Crippen LogP contribution in [0.1, 0.15) is 6.42 Å². The van der Waals surface area contributed by atoms with Gasteiger partial charge in [-0.25, -0.2) is 4.98 Å². The number of hydrogen-bond acceptors (Lipinski definition) is 4. The van der Waals surface area contributed by atoms with Crippen LogP contribution >= 0.6 is 0 Å². The van der Waals surface area contributed by atoms with E-state index in [2.05, 4.69) is 15.3 Å². The molecule has 0 saturated carbocycles. The van der Waals surface area contributed by atoms with Crippen molar-refractivity contribution in [1.82, 2.24) is 9.97 Å². The van der Waals surface area contributed by atoms with E-state index in [0.717, 1.165) is 36.5 Å². The van der Waals surface area contributed by atoms with Gasteiger partial charge < -0.3 is 10.1 Å². The Kier molecular flexibility index (Phi) is 2.42. The molecule has 1 aliphatic heterocycles. The molecular weight excluding hydrogens is 202 g/mol. The maximum Gasteiger partial charge on any atom is 0.145 e. The van der Waals surface area contributed by atoms with E-state index in [-0.39, 0.29) is 0 Å². The Labute approximate surface area is 93.7 Å². The highest BCUT2D eigenvalue weighted by Crippen LogP contribution is 2.14. The van der Waals surface area contributed by atoms with E-state index >= 15 is 0 Å². The van der Waals surface area contributed by atoms with Crippen LogP contribution in [-0.4, -0.2) is 29.2 Å². The first kappa shape index (κ1) is 9.54. The van der Waals surface area contributed by atoms with Gasteiger partial charge >= 0.3 is 0 Å². The molecule has 1 saturated heterocycles. The molecule has 82 valence electrons. The van der Waals surface area contributed by atoms with E-state index in [1.807, 2.05) is 24.3 Å². The molecule has 1 N–H and O–H groups in total. The van der Waals surface area contributed by atoms with Crippen LogP contribution in [0.3, 0.4) is 0 Å². The zero-order valence-corrected chi connectivity index (χ0v) is 8.89. The van der Waals surface area contributed by atoms with Crippen LogP contribution < -0.4 is 5.32 Å². The lowest BCUT2D eigenvalue weighted by molar-refractivity contribution is 0.195. The van der Waals surface area contributed by atoms with Crippen molar-refractivity contribution < 1.29 is 4.74 Å². The summed E-state index contributed by atoms with van der Waals surface area (Å²) in [5, 5.41) is 3.33. The minimum Gasteiger partial charge on any atom is -0.379 e. The van der Waals surface area contributed by atoms with E-state index in [1.54, 1.807) is 6.20 Å². The van der Waals surface area contributed by atoms with Gasteiger partial charge in [0, 0.05) is 6.61 Å². The molecule has 1 aromatic heterocycles. The molecule has 0 amide bonds. The summed E-state index contributed by atoms with van der Waals surface area (Å²) in [5.74, 6) is 0.828. The number of benzene rings is 1. The van der Waals surface area contributed by atoms with Crippen molar-refractivity contribution >= 4 is 16.9 Å². The quantitative estimate of drug-likeness (QED) is 0.830. The number of anilines is 1. The second-order valence-electron chi connectivity index (χ2n) is 3.95. The number of fused-ring (bicyclic) bond motifs is 1. The van der Waals surface area contributed by atoms with Crippen molar-refractivity contribution in [3.05, 3.63) is 30.5 Å². The fraction of sp³-hybridized carbons (Fsp3) is 0.333. The fourth-order valence-electron chi connectivity index (χ4n) is 1.88. The predicted octanol–water partition coefficient (Wildman–Crippen LogP) is 1.83. The number of para-hydroxylation sites is 2. The molecule has 16 heavy (non-hydrogen) atoms. The average Bonchev–Trinajstić information content (AvgIpc) is 2.82. The van der Waals surface area contributed by atoms with Gasteiger partial charge in [-0.3, -0.25) is 4.98 Å². The molecule has 0 aliphatic carbocycles. The Morgan fingerprint density at radius 1 is 1.25 bits per heavy atom. The Bertz CT molecular complexity index is 494. The van der Waals surface area contributed by atoms with Crippen molar-refractivity contribution in [3.8, 4) is 0 Å². The number of nitrogens with zero attached hydrogens (tertiary/aromatic N) is 2. The fourth-order valence-corrected chi connectivity index (χ4v) is 1.88. The van der Waals surface area contributed by atoms with Crippen molar-refractivity contribution in [1.29, 1.82) is 0 Å². The summed E-state index contributed by atoms with van der Waals surface area (Å²) in [6.07, 6.45) is 2.81. The minimum atomic E-state index is 0.371. The molecule has 4 heteroatoms. The van der Waals surface area contributed by atoms with E-state index in [4.69, 9.17) is 4.74 Å². The van der Waals surface area contributed by atoms with Gasteiger partial charge in [-0.15, -0.1) is 0 Å². The Balaban J connectivity index is 1.86. The van der Waals surface area contributed by atoms with Crippen molar-refractivity contribution in [2.24, 2.45) is 0 Å². The molecule has 1 atom stereocenters. The molecule has 4 nitrogen and oxygen atoms in total. The largest absolute Gasteiger partial charge is 0.379 e. The Morgan fingerprint density at radius 3 is 2.94 bits per heavy atom. The molecule has 0 radical (unpaired) electrons. The minimum absolute atomic E-state index is 0.371. The summed E-state index contributed by atoms with van der Waals surface area (Å²) in [4.78, 5) is 8.87. The normalized spacial score (nSPS) is 20.1. The van der Waals surface area contributed by atoms with E-state index < -0.39 is 0 Å². The molecule has 1 unspecified atom stereocenters. The van der Waals surface area contributed by atoms with Crippen LogP contribution in [0.5, 0.6) is 0 Å². The molecule has 1 fully saturated rings. The monoisotopic (exact) mass is 215 g/mol. The van der Waals surface area contributed by atoms with E-state index in [0.29, 0.717) is 6.04 Å². The third-order valence-electron chi connectivity index (χ3n) is 2.73. The molecule has 2 heterocycles. The highest BCUT2D eigenvalue weighted by molar-refractivity contribution is 5.75. The summed E-state index contributed by atoms with van der Waals surface area (Å²) in [6.45, 7) is 1.59. The summed E-state index contributed by atoms with van der Waals surface area (Å²) < 4.78 is 5.31. The SMILES string of the molecule is c1ccc2nc(NC3CCOC3)cnc2c1. The lowest BCUT2D eigenvalue weighted by Gasteiger charge is -2.10. The highest BCUT2D eigenvalue weighted by Gasteiger charge is 2.15. The molecule has 1 aliphatic rings. The summed E-state index contributed by atoms with van der Waals surface area (Å²) in [6, 6.07) is 8.24. The highest BCUT2D eigenvalue weighted by atomic mass is 16.5. The maximum atomic E-state index is 5.31. The third-order valence-corrected chi connectivity index (χ3v) is 2.73. The number of ether oxygens (including phenoxy) is 1. The van der Waals surface area contributed by atoms with E-state index in [9.17, 15) is 0 Å². The lowest BCUT2D eigenvalue weighted by atomic mass is 10.2. The van der Waals surface area contributed by atoms with Crippen molar-refractivity contribution in [2.75, 3.05) is 18.5 Å². The predicted molar refractivity (Wildman–Crippen MR) is 62.4 cm³/mol. The van der Waals surface area contributed by atoms with Gasteiger partial charge in [0.05, 0.1) is 29.9 Å². The maximum absolute atomic E-state index is 5.31. The van der Waals surface area contributed by atoms with Gasteiger partial charge in [0.25, 0.3) is 0 Å². The zero-order chi connectivity index (χ0) is 10.8. The number of hydrogen-bond donors (Lipinski definition) is 1. The summed E-state index contributed by atoms with van der Waals surface area (Å²) in [7, 11) is 0. The molecule has 2 aromatic rings. The second-order valence-corrected chi connectivity index (χ2v) is 3.95. The standard InChI is InChI=1S/C12H13N3O/c1-2-4-11-10(3-1)13-7-12(15-11)14-9-5-6-16-8-9/h1-4,7,9H,5-6,8H2,(H,14,15). The van der Waals surface area contributed by atoms with Gasteiger partial charge in [0.2, 0.25) is 0 Å². The third kappa shape index (κ3) is 1.84. The number of nitrogens with one attached hydrogen (secondary N) is 1. The van der Waals surface area contributed by atoms with E-state index in [1.165, 1.54) is 0 Å².